The SMILES string of the molecule is CN=C(NCCCOCC1CCCO1)N(C)Cc1ccc(C(F)(F)F)cc1.I. The van der Waals surface area contributed by atoms with Crippen LogP contribution in [0.5, 0.6) is 0 Å². The number of alkyl halides is 3. The molecule has 1 atom stereocenters. The minimum absolute atomic E-state index is 0. The first-order valence-corrected chi connectivity index (χ1v) is 9.17. The third-order valence-corrected chi connectivity index (χ3v) is 4.35. The molecule has 0 saturated carbocycles. The van der Waals surface area contributed by atoms with Crippen LogP contribution in [0.1, 0.15) is 30.4 Å². The fraction of sp³-hybridized carbons (Fsp3) is 0.632. The standard InChI is InChI=1S/C19H28F3N3O2.HI/c1-23-18(24-10-4-11-26-14-17-5-3-12-27-17)25(2)13-15-6-8-16(9-7-15)19(20,21)22;/h6-9,17H,3-5,10-14H2,1-2H3,(H,23,24);1H. The van der Waals surface area contributed by atoms with Gasteiger partial charge in [-0.3, -0.25) is 4.99 Å². The van der Waals surface area contributed by atoms with Crippen molar-refractivity contribution in [2.24, 2.45) is 4.99 Å². The van der Waals surface area contributed by atoms with Gasteiger partial charge in [0, 0.05) is 40.4 Å². The lowest BCUT2D eigenvalue weighted by Gasteiger charge is -2.22. The Morgan fingerprint density at radius 1 is 1.32 bits per heavy atom. The van der Waals surface area contributed by atoms with Gasteiger partial charge in [-0.05, 0) is 37.0 Å². The van der Waals surface area contributed by atoms with E-state index in [1.165, 1.54) is 12.1 Å². The Bertz CT molecular complexity index is 591. The molecule has 1 aromatic carbocycles. The monoisotopic (exact) mass is 515 g/mol. The predicted octanol–water partition coefficient (Wildman–Crippen LogP) is 3.92. The highest BCUT2D eigenvalue weighted by molar-refractivity contribution is 14.0. The van der Waals surface area contributed by atoms with Crippen molar-refractivity contribution < 1.29 is 22.6 Å². The van der Waals surface area contributed by atoms with E-state index in [9.17, 15) is 13.2 Å². The van der Waals surface area contributed by atoms with Crippen LogP contribution in [0.3, 0.4) is 0 Å². The highest BCUT2D eigenvalue weighted by Crippen LogP contribution is 2.29. The summed E-state index contributed by atoms with van der Waals surface area (Å²) < 4.78 is 49.0. The van der Waals surface area contributed by atoms with Gasteiger partial charge in [0.25, 0.3) is 0 Å². The molecule has 2 rings (SSSR count). The van der Waals surface area contributed by atoms with Gasteiger partial charge in [0.15, 0.2) is 5.96 Å². The molecule has 0 aromatic heterocycles. The van der Waals surface area contributed by atoms with Gasteiger partial charge >= 0.3 is 6.18 Å². The molecule has 1 saturated heterocycles. The first-order chi connectivity index (χ1) is 12.9. The van der Waals surface area contributed by atoms with Gasteiger partial charge in [0.1, 0.15) is 0 Å². The van der Waals surface area contributed by atoms with Crippen LogP contribution in [0.4, 0.5) is 13.2 Å². The molecule has 1 fully saturated rings. The van der Waals surface area contributed by atoms with Gasteiger partial charge in [0.05, 0.1) is 18.3 Å². The molecule has 1 aromatic rings. The van der Waals surface area contributed by atoms with Crippen LogP contribution >= 0.6 is 24.0 Å². The third kappa shape index (κ3) is 8.52. The van der Waals surface area contributed by atoms with Gasteiger partial charge in [-0.2, -0.15) is 13.2 Å². The van der Waals surface area contributed by atoms with Crippen LogP contribution in [0.25, 0.3) is 0 Å². The summed E-state index contributed by atoms with van der Waals surface area (Å²) in [6, 6.07) is 5.19. The molecule has 160 valence electrons. The summed E-state index contributed by atoms with van der Waals surface area (Å²) in [5.41, 5.74) is 0.146. The summed E-state index contributed by atoms with van der Waals surface area (Å²) in [7, 11) is 3.53. The quantitative estimate of drug-likeness (QED) is 0.247. The van der Waals surface area contributed by atoms with Crippen molar-refractivity contribution in [3.8, 4) is 0 Å². The summed E-state index contributed by atoms with van der Waals surface area (Å²) in [6.07, 6.45) is -1.06. The van der Waals surface area contributed by atoms with Crippen molar-refractivity contribution in [1.82, 2.24) is 10.2 Å². The molecule has 28 heavy (non-hydrogen) atoms. The second-order valence-corrected chi connectivity index (χ2v) is 6.59. The van der Waals surface area contributed by atoms with Gasteiger partial charge < -0.3 is 19.7 Å². The Hall–Kier alpha value is -1.07. The first kappa shape index (κ1) is 25.0. The van der Waals surface area contributed by atoms with Crippen LogP contribution in [-0.2, 0) is 22.2 Å². The molecule has 1 aliphatic heterocycles. The first-order valence-electron chi connectivity index (χ1n) is 9.17. The number of guanidine groups is 1. The number of nitrogens with one attached hydrogen (secondary N) is 1. The maximum absolute atomic E-state index is 12.6. The Morgan fingerprint density at radius 3 is 2.61 bits per heavy atom. The van der Waals surface area contributed by atoms with E-state index < -0.39 is 11.7 Å². The number of rotatable bonds is 8. The number of hydrogen-bond acceptors (Lipinski definition) is 3. The maximum Gasteiger partial charge on any atom is 0.416 e. The summed E-state index contributed by atoms with van der Waals surface area (Å²) in [5.74, 6) is 0.689. The van der Waals surface area contributed by atoms with E-state index in [4.69, 9.17) is 9.47 Å². The largest absolute Gasteiger partial charge is 0.416 e. The lowest BCUT2D eigenvalue weighted by molar-refractivity contribution is -0.137. The molecule has 0 spiro atoms. The molecule has 5 nitrogen and oxygen atoms in total. The van der Waals surface area contributed by atoms with Crippen molar-refractivity contribution in [1.29, 1.82) is 0 Å². The normalized spacial score (nSPS) is 17.3. The third-order valence-electron chi connectivity index (χ3n) is 4.35. The highest BCUT2D eigenvalue weighted by atomic mass is 127. The fourth-order valence-corrected chi connectivity index (χ4v) is 2.90. The predicted molar refractivity (Wildman–Crippen MR) is 114 cm³/mol. The molecule has 1 unspecified atom stereocenters. The molecular weight excluding hydrogens is 486 g/mol. The van der Waals surface area contributed by atoms with E-state index in [1.807, 2.05) is 11.9 Å². The molecular formula is C19H29F3IN3O2. The van der Waals surface area contributed by atoms with E-state index in [-0.39, 0.29) is 30.1 Å². The van der Waals surface area contributed by atoms with E-state index in [0.29, 0.717) is 32.3 Å². The zero-order valence-electron chi connectivity index (χ0n) is 16.3. The summed E-state index contributed by atoms with van der Waals surface area (Å²) in [6.45, 7) is 3.29. The van der Waals surface area contributed by atoms with Crippen molar-refractivity contribution in [3.63, 3.8) is 0 Å². The highest BCUT2D eigenvalue weighted by Gasteiger charge is 2.29. The van der Waals surface area contributed by atoms with Crippen molar-refractivity contribution in [2.45, 2.75) is 38.1 Å². The molecule has 1 N–H and O–H groups in total. The van der Waals surface area contributed by atoms with Crippen LogP contribution in [0.15, 0.2) is 29.3 Å². The Morgan fingerprint density at radius 2 is 2.04 bits per heavy atom. The minimum Gasteiger partial charge on any atom is -0.379 e. The number of aliphatic imine (C=N–C) groups is 1. The lowest BCUT2D eigenvalue weighted by atomic mass is 10.1. The molecule has 0 aliphatic carbocycles. The second kappa shape index (κ2) is 12.5. The zero-order chi connectivity index (χ0) is 19.7. The second-order valence-electron chi connectivity index (χ2n) is 6.59. The molecule has 1 aliphatic rings. The van der Waals surface area contributed by atoms with Gasteiger partial charge in [-0.1, -0.05) is 12.1 Å². The van der Waals surface area contributed by atoms with Gasteiger partial charge in [-0.25, -0.2) is 0 Å². The minimum atomic E-state index is -4.31. The van der Waals surface area contributed by atoms with Gasteiger partial charge in [0.2, 0.25) is 0 Å². The number of halogens is 4. The van der Waals surface area contributed by atoms with Gasteiger partial charge in [-0.15, -0.1) is 24.0 Å². The zero-order valence-corrected chi connectivity index (χ0v) is 18.6. The van der Waals surface area contributed by atoms with Crippen molar-refractivity contribution in [2.75, 3.05) is 40.5 Å². The molecule has 1 heterocycles. The lowest BCUT2D eigenvalue weighted by Crippen LogP contribution is -2.39. The summed E-state index contributed by atoms with van der Waals surface area (Å²) >= 11 is 0. The van der Waals surface area contributed by atoms with Crippen LogP contribution in [0, 0.1) is 0 Å². The van der Waals surface area contributed by atoms with Crippen LogP contribution < -0.4 is 5.32 Å². The topological polar surface area (TPSA) is 46.1 Å². The summed E-state index contributed by atoms with van der Waals surface area (Å²) in [5, 5.41) is 3.24. The number of hydrogen-bond donors (Lipinski definition) is 1. The fourth-order valence-electron chi connectivity index (χ4n) is 2.90. The van der Waals surface area contributed by atoms with E-state index >= 15 is 0 Å². The van der Waals surface area contributed by atoms with Crippen LogP contribution in [0.2, 0.25) is 0 Å². The molecule has 0 amide bonds. The Labute approximate surface area is 181 Å². The van der Waals surface area contributed by atoms with Crippen molar-refractivity contribution in [3.05, 3.63) is 35.4 Å². The smallest absolute Gasteiger partial charge is 0.379 e. The average Bonchev–Trinajstić information content (AvgIpc) is 3.14. The Kier molecular flexibility index (Phi) is 11.1. The summed E-state index contributed by atoms with van der Waals surface area (Å²) in [4.78, 5) is 6.08. The number of benzene rings is 1. The molecule has 9 heteroatoms. The number of ether oxygens (including phenoxy) is 2. The Balaban J connectivity index is 0.00000392. The van der Waals surface area contributed by atoms with E-state index in [2.05, 4.69) is 10.3 Å². The molecule has 0 bridgehead atoms. The maximum atomic E-state index is 12.6. The average molecular weight is 515 g/mol. The van der Waals surface area contributed by atoms with Crippen LogP contribution in [-0.4, -0.2) is 57.4 Å². The molecule has 0 radical (unpaired) electrons. The van der Waals surface area contributed by atoms with E-state index in [0.717, 1.165) is 43.6 Å². The number of nitrogens with zero attached hydrogens (tertiary/aromatic N) is 2. The van der Waals surface area contributed by atoms with E-state index in [1.54, 1.807) is 7.05 Å². The van der Waals surface area contributed by atoms with Crippen molar-refractivity contribution >= 4 is 29.9 Å².